The number of hydrogen-bond acceptors (Lipinski definition) is 7. The molecule has 2 aliphatic rings. The first kappa shape index (κ1) is 26.5. The highest BCUT2D eigenvalue weighted by Crippen LogP contribution is 2.40. The van der Waals surface area contributed by atoms with Gasteiger partial charge in [0.1, 0.15) is 17.6 Å². The van der Waals surface area contributed by atoms with Gasteiger partial charge in [0.15, 0.2) is 5.78 Å². The number of benzene rings is 3. The summed E-state index contributed by atoms with van der Waals surface area (Å²) in [5.74, 6) is -4.35. The number of fused-ring (bicyclic) bond motifs is 2. The van der Waals surface area contributed by atoms with Crippen LogP contribution in [0.4, 0.5) is 25.8 Å². The van der Waals surface area contributed by atoms with Gasteiger partial charge in [-0.1, -0.05) is 12.1 Å². The smallest absolute Gasteiger partial charge is 0.244 e. The number of nitrogens with zero attached hydrogens (tertiary/aromatic N) is 1. The number of halogens is 2. The van der Waals surface area contributed by atoms with E-state index in [1.807, 2.05) is 0 Å². The highest BCUT2D eigenvalue weighted by atomic mass is 32.2. The molecular formula is C26H21F2N3O6S2. The fraction of sp³-hybridized carbons (Fsp3) is 0.154. The molecule has 13 heteroatoms. The molecular weight excluding hydrogens is 552 g/mol. The quantitative estimate of drug-likeness (QED) is 0.445. The Kier molecular flexibility index (Phi) is 6.30. The molecule has 0 aliphatic carbocycles. The summed E-state index contributed by atoms with van der Waals surface area (Å²) in [5, 5.41) is 3.55. The highest BCUT2D eigenvalue weighted by Gasteiger charge is 2.44. The zero-order chi connectivity index (χ0) is 28.3. The van der Waals surface area contributed by atoms with Crippen LogP contribution in [-0.4, -0.2) is 34.8 Å². The fourth-order valence-corrected chi connectivity index (χ4v) is 6.53. The topological polar surface area (TPSA) is 130 Å². The number of aryl methyl sites for hydroxylation is 1. The lowest BCUT2D eigenvalue weighted by atomic mass is 9.87. The van der Waals surface area contributed by atoms with Crippen LogP contribution in [0.5, 0.6) is 0 Å². The Morgan fingerprint density at radius 3 is 2.46 bits per heavy atom. The van der Waals surface area contributed by atoms with Crippen LogP contribution in [0.15, 0.2) is 70.6 Å². The number of Topliss-reactive ketones (excluding diaryl/α,β-unsaturated/α-hetero) is 1. The minimum Gasteiger partial charge on any atom is -0.356 e. The van der Waals surface area contributed by atoms with Gasteiger partial charge < -0.3 is 10.2 Å². The van der Waals surface area contributed by atoms with E-state index in [0.717, 1.165) is 29.9 Å². The van der Waals surface area contributed by atoms with Gasteiger partial charge in [-0.3, -0.25) is 14.3 Å². The summed E-state index contributed by atoms with van der Waals surface area (Å²) in [6.45, 7) is 1.47. The predicted molar refractivity (Wildman–Crippen MR) is 140 cm³/mol. The van der Waals surface area contributed by atoms with E-state index in [9.17, 15) is 35.2 Å². The first-order valence-corrected chi connectivity index (χ1v) is 14.9. The van der Waals surface area contributed by atoms with Crippen LogP contribution in [0.25, 0.3) is 0 Å². The van der Waals surface area contributed by atoms with Gasteiger partial charge in [-0.25, -0.2) is 25.6 Å². The first-order chi connectivity index (χ1) is 18.2. The number of anilines is 3. The van der Waals surface area contributed by atoms with E-state index in [0.29, 0.717) is 11.1 Å². The van der Waals surface area contributed by atoms with E-state index >= 15 is 0 Å². The average Bonchev–Trinajstić information content (AvgIpc) is 2.83. The molecule has 5 rings (SSSR count). The third-order valence-corrected chi connectivity index (χ3v) is 8.44. The summed E-state index contributed by atoms with van der Waals surface area (Å²) in [4.78, 5) is 28.2. The van der Waals surface area contributed by atoms with E-state index in [2.05, 4.69) is 10.0 Å². The van der Waals surface area contributed by atoms with E-state index < -0.39 is 49.1 Å². The third-order valence-electron chi connectivity index (χ3n) is 6.32. The molecule has 3 aromatic rings. The van der Waals surface area contributed by atoms with Crippen LogP contribution in [0.2, 0.25) is 0 Å². The maximum atomic E-state index is 14.2. The van der Waals surface area contributed by atoms with Gasteiger partial charge in [0.05, 0.1) is 34.5 Å². The van der Waals surface area contributed by atoms with Crippen molar-refractivity contribution in [3.8, 4) is 0 Å². The van der Waals surface area contributed by atoms with Crippen molar-refractivity contribution in [1.29, 1.82) is 0 Å². The van der Waals surface area contributed by atoms with Gasteiger partial charge in [0.25, 0.3) is 0 Å². The molecule has 2 N–H and O–H groups in total. The summed E-state index contributed by atoms with van der Waals surface area (Å²) in [6.07, 6.45) is 0.914. The fourth-order valence-electron chi connectivity index (χ4n) is 4.60. The van der Waals surface area contributed by atoms with E-state index in [1.165, 1.54) is 41.3 Å². The van der Waals surface area contributed by atoms with Crippen molar-refractivity contribution in [3.05, 3.63) is 94.0 Å². The molecule has 0 bridgehead atoms. The second-order valence-electron chi connectivity index (χ2n) is 9.30. The van der Waals surface area contributed by atoms with Crippen LogP contribution < -0.4 is 14.9 Å². The molecule has 1 atom stereocenters. The number of carbonyl (C=O) groups is 2. The molecule has 0 spiro atoms. The number of rotatable bonds is 5. The van der Waals surface area contributed by atoms with Crippen molar-refractivity contribution in [3.63, 3.8) is 0 Å². The molecule has 3 aromatic carbocycles. The molecule has 2 heterocycles. The Hall–Kier alpha value is -4.10. The lowest BCUT2D eigenvalue weighted by molar-refractivity contribution is -0.120. The van der Waals surface area contributed by atoms with Gasteiger partial charge in [0, 0.05) is 16.9 Å². The van der Waals surface area contributed by atoms with Gasteiger partial charge in [-0.15, -0.1) is 0 Å². The lowest BCUT2D eigenvalue weighted by Crippen LogP contribution is -2.46. The molecule has 0 radical (unpaired) electrons. The number of carbonyl (C=O) groups excluding carboxylic acids is 2. The Bertz CT molecular complexity index is 1820. The zero-order valence-electron chi connectivity index (χ0n) is 20.5. The van der Waals surface area contributed by atoms with Crippen LogP contribution in [0, 0.1) is 24.5 Å². The van der Waals surface area contributed by atoms with Crippen molar-refractivity contribution in [2.45, 2.75) is 18.4 Å². The third kappa shape index (κ3) is 5.02. The maximum Gasteiger partial charge on any atom is 0.244 e. The Morgan fingerprint density at radius 2 is 1.77 bits per heavy atom. The highest BCUT2D eigenvalue weighted by molar-refractivity contribution is 7.94. The number of sulfone groups is 1. The summed E-state index contributed by atoms with van der Waals surface area (Å²) in [6, 6.07) is 11.4. The van der Waals surface area contributed by atoms with Gasteiger partial charge in [0.2, 0.25) is 25.8 Å². The second kappa shape index (κ2) is 9.27. The second-order valence-corrected chi connectivity index (χ2v) is 12.8. The first-order valence-electron chi connectivity index (χ1n) is 11.5. The minimum atomic E-state index is -4.24. The molecule has 39 heavy (non-hydrogen) atoms. The number of hydrogen-bond donors (Lipinski definition) is 2. The number of ketones is 1. The average molecular weight is 574 g/mol. The van der Waals surface area contributed by atoms with Gasteiger partial charge in [-0.05, 0) is 60.5 Å². The largest absolute Gasteiger partial charge is 0.356 e. The van der Waals surface area contributed by atoms with E-state index in [1.54, 1.807) is 6.92 Å². The van der Waals surface area contributed by atoms with Crippen molar-refractivity contribution >= 4 is 48.6 Å². The van der Waals surface area contributed by atoms with Crippen LogP contribution in [-0.2, 0) is 31.2 Å². The number of sulfonamides is 1. The SMILES string of the molecule is Cc1cc(CN2C(=O)C(C3=CS(=O)(=O)c4cc(NS(C)(=O)=O)ccc4N3)C(=O)c3cc(F)ccc32)ccc1F. The van der Waals surface area contributed by atoms with Crippen LogP contribution in [0.3, 0.4) is 0 Å². The van der Waals surface area contributed by atoms with Crippen molar-refractivity contribution in [1.82, 2.24) is 0 Å². The molecule has 0 aromatic heterocycles. The van der Waals surface area contributed by atoms with E-state index in [-0.39, 0.29) is 39.8 Å². The van der Waals surface area contributed by atoms with Gasteiger partial charge in [-0.2, -0.15) is 0 Å². The van der Waals surface area contributed by atoms with Crippen molar-refractivity contribution in [2.24, 2.45) is 5.92 Å². The summed E-state index contributed by atoms with van der Waals surface area (Å²) in [7, 11) is -7.92. The lowest BCUT2D eigenvalue weighted by Gasteiger charge is -2.35. The molecule has 1 amide bonds. The standard InChI is InChI=1S/C26H21F2N3O6S2/c1-14-9-15(3-6-19(14)28)12-31-22-8-4-16(27)10-18(22)25(32)24(26(31)33)21-13-39(36,37)23-11-17(30-38(2,34)35)5-7-20(23)29-21/h3-11,13,24,29-30H,12H2,1-2H3. The Labute approximate surface area is 223 Å². The summed E-state index contributed by atoms with van der Waals surface area (Å²) in [5.41, 5.74) is 0.703. The predicted octanol–water partition coefficient (Wildman–Crippen LogP) is 3.73. The van der Waals surface area contributed by atoms with Crippen LogP contribution in [0.1, 0.15) is 21.5 Å². The molecule has 0 saturated heterocycles. The number of nitrogens with one attached hydrogen (secondary N) is 2. The van der Waals surface area contributed by atoms with Gasteiger partial charge >= 0.3 is 0 Å². The monoisotopic (exact) mass is 573 g/mol. The van der Waals surface area contributed by atoms with Crippen molar-refractivity contribution < 1.29 is 35.2 Å². The van der Waals surface area contributed by atoms with Crippen LogP contribution >= 0.6 is 0 Å². The molecule has 202 valence electrons. The molecule has 9 nitrogen and oxygen atoms in total. The molecule has 0 fully saturated rings. The molecule has 0 saturated carbocycles. The Balaban J connectivity index is 1.57. The van der Waals surface area contributed by atoms with E-state index in [4.69, 9.17) is 0 Å². The molecule has 2 aliphatic heterocycles. The number of amides is 1. The maximum absolute atomic E-state index is 14.2. The zero-order valence-corrected chi connectivity index (χ0v) is 22.2. The Morgan fingerprint density at radius 1 is 1.03 bits per heavy atom. The summed E-state index contributed by atoms with van der Waals surface area (Å²) >= 11 is 0. The summed E-state index contributed by atoms with van der Waals surface area (Å²) < 4.78 is 79.7. The van der Waals surface area contributed by atoms with Crippen molar-refractivity contribution in [2.75, 3.05) is 21.2 Å². The normalized spacial score (nSPS) is 18.1. The molecule has 1 unspecified atom stereocenters. The minimum absolute atomic E-state index is 0.00784.